The molecule has 0 saturated heterocycles. The molecule has 0 aromatic heterocycles. The van der Waals surface area contributed by atoms with E-state index in [2.05, 4.69) is 17.0 Å². The van der Waals surface area contributed by atoms with Gasteiger partial charge in [-0.15, -0.1) is 0 Å². The van der Waals surface area contributed by atoms with Crippen LogP contribution in [0.15, 0.2) is 77.7 Å². The molecule has 0 saturated carbocycles. The second kappa shape index (κ2) is 12.5. The highest BCUT2D eigenvalue weighted by molar-refractivity contribution is 7.89. The second-order valence-corrected chi connectivity index (χ2v) is 10.2. The van der Waals surface area contributed by atoms with Crippen LogP contribution in [0.25, 0.3) is 0 Å². The highest BCUT2D eigenvalue weighted by Gasteiger charge is 2.26. The van der Waals surface area contributed by atoms with Crippen molar-refractivity contribution in [3.63, 3.8) is 0 Å². The Balaban J connectivity index is 1.81. The molecule has 186 valence electrons. The fourth-order valence-corrected chi connectivity index (χ4v) is 5.04. The van der Waals surface area contributed by atoms with E-state index in [1.54, 1.807) is 19.1 Å². The molecule has 0 heterocycles. The van der Waals surface area contributed by atoms with E-state index in [4.69, 9.17) is 4.74 Å². The molecule has 7 heteroatoms. The summed E-state index contributed by atoms with van der Waals surface area (Å²) in [6.45, 7) is 6.31. The molecule has 1 amide bonds. The highest BCUT2D eigenvalue weighted by atomic mass is 32.2. The number of hydrogen-bond acceptors (Lipinski definition) is 4. The maximum absolute atomic E-state index is 13.2. The van der Waals surface area contributed by atoms with Crippen LogP contribution >= 0.6 is 0 Å². The van der Waals surface area contributed by atoms with Gasteiger partial charge in [0.15, 0.2) is 0 Å². The maximum Gasteiger partial charge on any atom is 0.242 e. The lowest BCUT2D eigenvalue weighted by molar-refractivity contribution is -0.117. The third-order valence-corrected chi connectivity index (χ3v) is 7.16. The first-order valence-corrected chi connectivity index (χ1v) is 13.5. The molecule has 0 fully saturated rings. The van der Waals surface area contributed by atoms with Crippen molar-refractivity contribution in [2.75, 3.05) is 11.9 Å². The quantitative estimate of drug-likeness (QED) is 0.359. The Labute approximate surface area is 208 Å². The summed E-state index contributed by atoms with van der Waals surface area (Å²) < 4.78 is 34.6. The van der Waals surface area contributed by atoms with Gasteiger partial charge in [-0.3, -0.25) is 4.79 Å². The number of amides is 1. The molecule has 2 N–H and O–H groups in total. The van der Waals surface area contributed by atoms with Crippen LogP contribution in [0.5, 0.6) is 5.75 Å². The van der Waals surface area contributed by atoms with Gasteiger partial charge in [-0.25, -0.2) is 8.42 Å². The highest BCUT2D eigenvalue weighted by Crippen LogP contribution is 2.22. The summed E-state index contributed by atoms with van der Waals surface area (Å²) in [6.07, 6.45) is 3.44. The summed E-state index contributed by atoms with van der Waals surface area (Å²) in [7, 11) is -3.95. The molecule has 0 aliphatic rings. The van der Waals surface area contributed by atoms with Crippen LogP contribution in [0, 0.1) is 6.92 Å². The predicted molar refractivity (Wildman–Crippen MR) is 140 cm³/mol. The van der Waals surface area contributed by atoms with Gasteiger partial charge in [-0.2, -0.15) is 4.72 Å². The van der Waals surface area contributed by atoms with Crippen molar-refractivity contribution in [1.29, 1.82) is 0 Å². The molecule has 35 heavy (non-hydrogen) atoms. The summed E-state index contributed by atoms with van der Waals surface area (Å²) in [5, 5.41) is 2.87. The van der Waals surface area contributed by atoms with E-state index >= 15 is 0 Å². The number of unbranched alkanes of at least 4 members (excludes halogenated alkanes) is 1. The number of carbonyl (C=O) groups excluding carboxylic acids is 1. The maximum atomic E-state index is 13.2. The molecule has 0 aliphatic heterocycles. The lowest BCUT2D eigenvalue weighted by Gasteiger charge is -2.19. The van der Waals surface area contributed by atoms with Gasteiger partial charge >= 0.3 is 0 Å². The molecular weight excluding hydrogens is 460 g/mol. The van der Waals surface area contributed by atoms with Gasteiger partial charge in [0.1, 0.15) is 11.8 Å². The number of anilines is 1. The molecule has 6 nitrogen and oxygen atoms in total. The third kappa shape index (κ3) is 7.67. The Morgan fingerprint density at radius 1 is 0.943 bits per heavy atom. The molecule has 0 aliphatic carbocycles. The average Bonchev–Trinajstić information content (AvgIpc) is 2.85. The van der Waals surface area contributed by atoms with Gasteiger partial charge in [-0.1, -0.05) is 55.8 Å². The zero-order valence-corrected chi connectivity index (χ0v) is 21.4. The number of benzene rings is 3. The molecular formula is C28H34N2O4S. The molecule has 3 aromatic carbocycles. The number of hydrogen-bond donors (Lipinski definition) is 2. The van der Waals surface area contributed by atoms with Gasteiger partial charge in [0.25, 0.3) is 0 Å². The number of aryl methyl sites for hydroxylation is 2. The molecule has 0 radical (unpaired) electrons. The standard InChI is InChI=1S/C28H34N2O4S/c1-4-6-10-22-13-15-24(16-14-22)29-28(31)26(20-23-11-8-7-9-12-23)30-35(32,33)25-17-18-27(34-5-2)21(3)19-25/h7-9,11-19,26,30H,4-6,10,20H2,1-3H3,(H,29,31)/t26-/m1/s1. The smallest absolute Gasteiger partial charge is 0.242 e. The molecule has 0 unspecified atom stereocenters. The minimum Gasteiger partial charge on any atom is -0.494 e. The van der Waals surface area contributed by atoms with Crippen LogP contribution < -0.4 is 14.8 Å². The first-order chi connectivity index (χ1) is 16.8. The zero-order chi connectivity index (χ0) is 25.3. The van der Waals surface area contributed by atoms with E-state index in [0.29, 0.717) is 23.6 Å². The third-order valence-electron chi connectivity index (χ3n) is 5.69. The van der Waals surface area contributed by atoms with Crippen LogP contribution in [0.3, 0.4) is 0 Å². The van der Waals surface area contributed by atoms with E-state index in [9.17, 15) is 13.2 Å². The number of nitrogens with one attached hydrogen (secondary N) is 2. The summed E-state index contributed by atoms with van der Waals surface area (Å²) in [6, 6.07) is 20.7. The molecule has 0 spiro atoms. The van der Waals surface area contributed by atoms with Crippen LogP contribution in [0.2, 0.25) is 0 Å². The van der Waals surface area contributed by atoms with Crippen LogP contribution in [-0.4, -0.2) is 27.0 Å². The molecule has 3 rings (SSSR count). The van der Waals surface area contributed by atoms with Crippen molar-refractivity contribution in [2.45, 2.75) is 57.4 Å². The SMILES string of the molecule is CCCCc1ccc(NC(=O)[C@@H](Cc2ccccc2)NS(=O)(=O)c2ccc(OCC)c(C)c2)cc1. The Morgan fingerprint density at radius 2 is 1.66 bits per heavy atom. The van der Waals surface area contributed by atoms with Crippen molar-refractivity contribution < 1.29 is 17.9 Å². The Morgan fingerprint density at radius 3 is 2.29 bits per heavy atom. The van der Waals surface area contributed by atoms with Gasteiger partial charge in [-0.05, 0) is 80.1 Å². The van der Waals surface area contributed by atoms with Crippen molar-refractivity contribution in [1.82, 2.24) is 4.72 Å². The van der Waals surface area contributed by atoms with Crippen molar-refractivity contribution in [3.8, 4) is 5.75 Å². The second-order valence-electron chi connectivity index (χ2n) is 8.51. The first-order valence-electron chi connectivity index (χ1n) is 12.0. The molecule has 1 atom stereocenters. The lowest BCUT2D eigenvalue weighted by atomic mass is 10.1. The van der Waals surface area contributed by atoms with Crippen LogP contribution in [-0.2, 0) is 27.7 Å². The Kier molecular flexibility index (Phi) is 9.46. The van der Waals surface area contributed by atoms with E-state index in [0.717, 1.165) is 24.8 Å². The van der Waals surface area contributed by atoms with Crippen LogP contribution in [0.1, 0.15) is 43.4 Å². The van der Waals surface area contributed by atoms with Gasteiger partial charge in [0.05, 0.1) is 11.5 Å². The van der Waals surface area contributed by atoms with E-state index < -0.39 is 22.0 Å². The number of ether oxygens (including phenoxy) is 1. The van der Waals surface area contributed by atoms with E-state index in [-0.39, 0.29) is 11.3 Å². The summed E-state index contributed by atoms with van der Waals surface area (Å²) >= 11 is 0. The average molecular weight is 495 g/mol. The van der Waals surface area contributed by atoms with Crippen molar-refractivity contribution >= 4 is 21.6 Å². The predicted octanol–water partition coefficient (Wildman–Crippen LogP) is 5.26. The fourth-order valence-electron chi connectivity index (χ4n) is 3.76. The van der Waals surface area contributed by atoms with Crippen molar-refractivity contribution in [3.05, 3.63) is 89.5 Å². The van der Waals surface area contributed by atoms with Gasteiger partial charge in [0.2, 0.25) is 15.9 Å². The number of carbonyl (C=O) groups is 1. The van der Waals surface area contributed by atoms with Gasteiger partial charge < -0.3 is 10.1 Å². The minimum absolute atomic E-state index is 0.0876. The summed E-state index contributed by atoms with van der Waals surface area (Å²) in [4.78, 5) is 13.3. The van der Waals surface area contributed by atoms with Crippen molar-refractivity contribution in [2.24, 2.45) is 0 Å². The number of rotatable bonds is 12. The monoisotopic (exact) mass is 494 g/mol. The fraction of sp³-hybridized carbons (Fsp3) is 0.321. The Bertz CT molecular complexity index is 1210. The number of sulfonamides is 1. The van der Waals surface area contributed by atoms with E-state index in [1.807, 2.05) is 61.5 Å². The van der Waals surface area contributed by atoms with Gasteiger partial charge in [0, 0.05) is 5.69 Å². The topological polar surface area (TPSA) is 84.5 Å². The summed E-state index contributed by atoms with van der Waals surface area (Å²) in [5.74, 6) is 0.216. The molecule has 0 bridgehead atoms. The van der Waals surface area contributed by atoms with Crippen LogP contribution in [0.4, 0.5) is 5.69 Å². The lowest BCUT2D eigenvalue weighted by Crippen LogP contribution is -2.45. The van der Waals surface area contributed by atoms with E-state index in [1.165, 1.54) is 11.6 Å². The molecule has 3 aromatic rings. The normalized spacial score (nSPS) is 12.2. The largest absolute Gasteiger partial charge is 0.494 e. The Hall–Kier alpha value is -3.16. The minimum atomic E-state index is -3.95. The first kappa shape index (κ1) is 26.4. The zero-order valence-electron chi connectivity index (χ0n) is 20.6. The summed E-state index contributed by atoms with van der Waals surface area (Å²) in [5.41, 5.74) is 3.40.